The van der Waals surface area contributed by atoms with Gasteiger partial charge in [-0.15, -0.1) is 0 Å². The van der Waals surface area contributed by atoms with E-state index in [0.29, 0.717) is 16.1 Å². The van der Waals surface area contributed by atoms with Gasteiger partial charge in [0.25, 0.3) is 0 Å². The number of rotatable bonds is 1. The predicted molar refractivity (Wildman–Crippen MR) is 78.0 cm³/mol. The number of nitrogens with zero attached hydrogens (tertiary/aromatic N) is 1. The van der Waals surface area contributed by atoms with Crippen LogP contribution in [0.15, 0.2) is 18.2 Å². The molecule has 2 heterocycles. The third-order valence-electron chi connectivity index (χ3n) is 4.44. The molecule has 0 radical (unpaired) electrons. The molecule has 2 saturated heterocycles. The van der Waals surface area contributed by atoms with Gasteiger partial charge in [-0.3, -0.25) is 0 Å². The summed E-state index contributed by atoms with van der Waals surface area (Å²) in [5.74, 6) is 0. The first-order valence-corrected chi connectivity index (χ1v) is 7.94. The molecule has 0 spiro atoms. The first kappa shape index (κ1) is 13.0. The summed E-state index contributed by atoms with van der Waals surface area (Å²) in [7, 11) is 0. The van der Waals surface area contributed by atoms with Crippen LogP contribution in [-0.2, 0) is 5.60 Å². The number of thioether (sulfide) groups is 1. The van der Waals surface area contributed by atoms with Crippen molar-refractivity contribution in [1.29, 1.82) is 5.26 Å². The lowest BCUT2D eigenvalue weighted by molar-refractivity contribution is 0.00755. The molecule has 2 aliphatic heterocycles. The van der Waals surface area contributed by atoms with Gasteiger partial charge < -0.3 is 5.11 Å². The lowest BCUT2D eigenvalue weighted by Gasteiger charge is -2.44. The van der Waals surface area contributed by atoms with Crippen LogP contribution in [-0.4, -0.2) is 15.6 Å². The average Bonchev–Trinajstić information content (AvgIpc) is 2.38. The van der Waals surface area contributed by atoms with Gasteiger partial charge in [0.2, 0.25) is 0 Å². The van der Waals surface area contributed by atoms with E-state index in [4.69, 9.17) is 5.26 Å². The van der Waals surface area contributed by atoms with Crippen molar-refractivity contribution in [3.05, 3.63) is 34.9 Å². The van der Waals surface area contributed by atoms with Crippen LogP contribution in [0.3, 0.4) is 0 Å². The van der Waals surface area contributed by atoms with Crippen molar-refractivity contribution >= 4 is 11.8 Å². The normalized spacial score (nSPS) is 33.7. The van der Waals surface area contributed by atoms with Crippen molar-refractivity contribution in [2.75, 3.05) is 0 Å². The highest BCUT2D eigenvalue weighted by Crippen LogP contribution is 2.50. The van der Waals surface area contributed by atoms with E-state index in [1.807, 2.05) is 25.1 Å². The summed E-state index contributed by atoms with van der Waals surface area (Å²) in [6.45, 7) is 2.03. The van der Waals surface area contributed by atoms with Gasteiger partial charge in [-0.25, -0.2) is 0 Å². The fraction of sp³-hybridized carbons (Fsp3) is 0.562. The number of nitriles is 1. The van der Waals surface area contributed by atoms with Gasteiger partial charge >= 0.3 is 0 Å². The SMILES string of the molecule is Cc1ccc(C#N)cc1C1(O)CC2CCCC(C1)S2. The van der Waals surface area contributed by atoms with Gasteiger partial charge in [-0.05, 0) is 55.9 Å². The summed E-state index contributed by atoms with van der Waals surface area (Å²) in [5.41, 5.74) is 2.01. The van der Waals surface area contributed by atoms with Gasteiger partial charge in [0.15, 0.2) is 0 Å². The van der Waals surface area contributed by atoms with Crippen LogP contribution >= 0.6 is 11.8 Å². The number of fused-ring (bicyclic) bond motifs is 2. The lowest BCUT2D eigenvalue weighted by atomic mass is 9.78. The van der Waals surface area contributed by atoms with E-state index >= 15 is 0 Å². The number of benzene rings is 1. The third kappa shape index (κ3) is 2.40. The van der Waals surface area contributed by atoms with E-state index in [1.54, 1.807) is 0 Å². The summed E-state index contributed by atoms with van der Waals surface area (Å²) >= 11 is 2.06. The molecule has 1 N–H and O–H groups in total. The second-order valence-corrected chi connectivity index (χ2v) is 7.50. The van der Waals surface area contributed by atoms with Crippen LogP contribution in [0.25, 0.3) is 0 Å². The highest BCUT2D eigenvalue weighted by atomic mass is 32.2. The number of hydrogen-bond acceptors (Lipinski definition) is 3. The molecule has 2 aliphatic rings. The third-order valence-corrected chi connectivity index (χ3v) is 6.01. The second kappa shape index (κ2) is 4.85. The molecule has 0 saturated carbocycles. The van der Waals surface area contributed by atoms with E-state index in [9.17, 15) is 5.11 Å². The number of hydrogen-bond donors (Lipinski definition) is 1. The minimum Gasteiger partial charge on any atom is -0.385 e. The highest BCUT2D eigenvalue weighted by molar-refractivity contribution is 8.00. The largest absolute Gasteiger partial charge is 0.385 e. The molecule has 2 unspecified atom stereocenters. The lowest BCUT2D eigenvalue weighted by Crippen LogP contribution is -2.41. The van der Waals surface area contributed by atoms with E-state index in [0.717, 1.165) is 24.0 Å². The molecule has 3 rings (SSSR count). The average molecular weight is 273 g/mol. The Kier molecular flexibility index (Phi) is 3.32. The fourth-order valence-electron chi connectivity index (χ4n) is 3.53. The van der Waals surface area contributed by atoms with Crippen LogP contribution in [0.4, 0.5) is 0 Å². The summed E-state index contributed by atoms with van der Waals surface area (Å²) in [6.07, 6.45) is 5.42. The van der Waals surface area contributed by atoms with Gasteiger partial charge in [-0.1, -0.05) is 12.5 Å². The highest BCUT2D eigenvalue weighted by Gasteiger charge is 2.43. The van der Waals surface area contributed by atoms with Gasteiger partial charge in [-0.2, -0.15) is 17.0 Å². The molecule has 3 heteroatoms. The van der Waals surface area contributed by atoms with E-state index < -0.39 is 5.60 Å². The molecule has 0 aliphatic carbocycles. The molecule has 1 aromatic rings. The summed E-state index contributed by atoms with van der Waals surface area (Å²) in [5, 5.41) is 21.4. The van der Waals surface area contributed by atoms with Crippen molar-refractivity contribution in [3.8, 4) is 6.07 Å². The maximum Gasteiger partial charge on any atom is 0.0991 e. The molecule has 0 amide bonds. The molecular weight excluding hydrogens is 254 g/mol. The Labute approximate surface area is 118 Å². The summed E-state index contributed by atoms with van der Waals surface area (Å²) in [6, 6.07) is 7.87. The maximum atomic E-state index is 11.1. The van der Waals surface area contributed by atoms with E-state index in [2.05, 4.69) is 17.8 Å². The standard InChI is InChI=1S/C16H19NOS/c1-11-5-6-12(10-17)7-15(11)16(18)8-13-3-2-4-14(9-16)19-13/h5-7,13-14,18H,2-4,8-9H2,1H3. The predicted octanol–water partition coefficient (Wildman–Crippen LogP) is 3.50. The molecule has 0 aromatic heterocycles. The first-order valence-electron chi connectivity index (χ1n) is 7.00. The van der Waals surface area contributed by atoms with Crippen molar-refractivity contribution in [3.63, 3.8) is 0 Å². The second-order valence-electron chi connectivity index (χ2n) is 5.89. The Bertz CT molecular complexity index is 522. The van der Waals surface area contributed by atoms with Crippen molar-refractivity contribution < 1.29 is 5.11 Å². The Morgan fingerprint density at radius 1 is 1.32 bits per heavy atom. The number of aryl methyl sites for hydroxylation is 1. The summed E-state index contributed by atoms with van der Waals surface area (Å²) in [4.78, 5) is 0. The minimum atomic E-state index is -0.724. The molecule has 19 heavy (non-hydrogen) atoms. The van der Waals surface area contributed by atoms with Crippen molar-refractivity contribution in [1.82, 2.24) is 0 Å². The summed E-state index contributed by atoms with van der Waals surface area (Å²) < 4.78 is 0. The van der Waals surface area contributed by atoms with Gasteiger partial charge in [0, 0.05) is 10.5 Å². The Hall–Kier alpha value is -0.980. The quantitative estimate of drug-likeness (QED) is 0.851. The number of aliphatic hydroxyl groups is 1. The Balaban J connectivity index is 1.98. The van der Waals surface area contributed by atoms with E-state index in [1.165, 1.54) is 19.3 Å². The maximum absolute atomic E-state index is 11.1. The fourth-order valence-corrected chi connectivity index (χ4v) is 5.42. The molecule has 2 nitrogen and oxygen atoms in total. The Morgan fingerprint density at radius 2 is 2.00 bits per heavy atom. The van der Waals surface area contributed by atoms with Crippen molar-refractivity contribution in [2.24, 2.45) is 0 Å². The van der Waals surface area contributed by atoms with Gasteiger partial charge in [0.1, 0.15) is 0 Å². The molecule has 2 bridgehead atoms. The zero-order valence-electron chi connectivity index (χ0n) is 11.2. The van der Waals surface area contributed by atoms with Crippen LogP contribution in [0, 0.1) is 18.3 Å². The molecule has 100 valence electrons. The van der Waals surface area contributed by atoms with E-state index in [-0.39, 0.29) is 0 Å². The zero-order chi connectivity index (χ0) is 13.5. The van der Waals surface area contributed by atoms with Crippen LogP contribution in [0.1, 0.15) is 48.8 Å². The molecule has 1 aromatic carbocycles. The van der Waals surface area contributed by atoms with Crippen LogP contribution in [0.2, 0.25) is 0 Å². The topological polar surface area (TPSA) is 44.0 Å². The molecule has 2 atom stereocenters. The smallest absolute Gasteiger partial charge is 0.0991 e. The molecular formula is C16H19NOS. The van der Waals surface area contributed by atoms with Gasteiger partial charge in [0.05, 0.1) is 17.2 Å². The van der Waals surface area contributed by atoms with Crippen molar-refractivity contribution in [2.45, 2.75) is 55.1 Å². The monoisotopic (exact) mass is 273 g/mol. The molecule has 2 fully saturated rings. The minimum absolute atomic E-state index is 0.586. The Morgan fingerprint density at radius 3 is 2.63 bits per heavy atom. The first-order chi connectivity index (χ1) is 9.10. The van der Waals surface area contributed by atoms with Crippen LogP contribution in [0.5, 0.6) is 0 Å². The van der Waals surface area contributed by atoms with Crippen LogP contribution < -0.4 is 0 Å². The zero-order valence-corrected chi connectivity index (χ0v) is 12.0.